The summed E-state index contributed by atoms with van der Waals surface area (Å²) >= 11 is 0. The van der Waals surface area contributed by atoms with Crippen molar-refractivity contribution in [3.8, 4) is 11.4 Å². The monoisotopic (exact) mass is 590 g/mol. The number of aromatic nitrogens is 5. The van der Waals surface area contributed by atoms with Gasteiger partial charge in [-0.3, -0.25) is 9.48 Å². The van der Waals surface area contributed by atoms with Crippen LogP contribution in [0.5, 0.6) is 0 Å². The zero-order valence-electron chi connectivity index (χ0n) is 23.0. The Morgan fingerprint density at radius 2 is 1.77 bits per heavy atom. The molecule has 0 saturated heterocycles. The number of carbonyl (C=O) groups is 2. The lowest BCUT2D eigenvalue weighted by Crippen LogP contribution is -2.29. The fourth-order valence-corrected chi connectivity index (χ4v) is 4.45. The molecule has 1 amide bonds. The van der Waals surface area contributed by atoms with Gasteiger partial charge in [-0.05, 0) is 48.4 Å². The van der Waals surface area contributed by atoms with E-state index < -0.39 is 23.7 Å². The number of ether oxygens (including phenoxy) is 1. The smallest absolute Gasteiger partial charge is 0.433 e. The van der Waals surface area contributed by atoms with Crippen molar-refractivity contribution in [2.75, 3.05) is 18.6 Å². The van der Waals surface area contributed by atoms with Crippen LogP contribution in [0.1, 0.15) is 37.8 Å². The Morgan fingerprint density at radius 3 is 2.47 bits per heavy atom. The molecular formula is C30H25F3N6O4. The van der Waals surface area contributed by atoms with E-state index >= 15 is 0 Å². The summed E-state index contributed by atoms with van der Waals surface area (Å²) < 4.78 is 46.0. The van der Waals surface area contributed by atoms with Crippen molar-refractivity contribution < 1.29 is 32.6 Å². The van der Waals surface area contributed by atoms with Gasteiger partial charge in [-0.25, -0.2) is 19.7 Å². The fraction of sp³-hybridized carbons (Fsp3) is 0.200. The number of fused-ring (bicyclic) bond motifs is 1. The highest BCUT2D eigenvalue weighted by Gasteiger charge is 2.32. The van der Waals surface area contributed by atoms with Crippen molar-refractivity contribution in [1.29, 1.82) is 0 Å². The summed E-state index contributed by atoms with van der Waals surface area (Å²) in [4.78, 5) is 38.7. The Balaban J connectivity index is 1.34. The third-order valence-corrected chi connectivity index (χ3v) is 6.63. The number of halogens is 3. The standard InChI is InChI=1S/C30H25F3N6O4/c1-18-14-20(27-34-16-23-21(36-27)9-11-26(35-23)30(31,32)33)8-10-24(18)38(2)28(40)25-15-22(29(41)42)37-39(25)12-13-43-17-19-6-4-3-5-7-19/h3-11,14-16H,12-13,17H2,1-2H3,(H,41,42). The molecule has 0 aliphatic rings. The average molecular weight is 591 g/mol. The molecule has 0 saturated carbocycles. The van der Waals surface area contributed by atoms with Crippen LogP contribution in [0.2, 0.25) is 0 Å². The number of carboxylic acids is 1. The molecule has 3 aromatic heterocycles. The van der Waals surface area contributed by atoms with Crippen LogP contribution in [0, 0.1) is 6.92 Å². The summed E-state index contributed by atoms with van der Waals surface area (Å²) in [6, 6.07) is 18.0. The van der Waals surface area contributed by atoms with Gasteiger partial charge in [-0.1, -0.05) is 30.3 Å². The Bertz CT molecular complexity index is 1810. The van der Waals surface area contributed by atoms with Crippen LogP contribution in [0.25, 0.3) is 22.4 Å². The number of hydrogen-bond acceptors (Lipinski definition) is 7. The first-order valence-electron chi connectivity index (χ1n) is 13.0. The molecule has 2 aromatic carbocycles. The number of anilines is 1. The van der Waals surface area contributed by atoms with Gasteiger partial charge in [0, 0.05) is 24.4 Å². The van der Waals surface area contributed by atoms with Crippen LogP contribution in [-0.2, 0) is 24.1 Å². The summed E-state index contributed by atoms with van der Waals surface area (Å²) in [5.41, 5.74) is 1.83. The highest BCUT2D eigenvalue weighted by molar-refractivity contribution is 6.06. The molecule has 10 nitrogen and oxygen atoms in total. The summed E-state index contributed by atoms with van der Waals surface area (Å²) in [7, 11) is 1.56. The SMILES string of the molecule is Cc1cc(-c2ncc3nc(C(F)(F)F)ccc3n2)ccc1N(C)C(=O)c1cc(C(=O)O)nn1CCOCc1ccccc1. The zero-order chi connectivity index (χ0) is 30.7. The third kappa shape index (κ3) is 6.51. The summed E-state index contributed by atoms with van der Waals surface area (Å²) in [5, 5.41) is 13.6. The summed E-state index contributed by atoms with van der Waals surface area (Å²) in [5.74, 6) is -1.47. The number of rotatable bonds is 9. The topological polar surface area (TPSA) is 123 Å². The number of aryl methyl sites for hydroxylation is 1. The number of alkyl halides is 3. The van der Waals surface area contributed by atoms with Gasteiger partial charge in [0.2, 0.25) is 0 Å². The Morgan fingerprint density at radius 1 is 1.00 bits per heavy atom. The minimum absolute atomic E-state index is 0.0139. The minimum atomic E-state index is -4.58. The molecular weight excluding hydrogens is 565 g/mol. The molecule has 0 unspecified atom stereocenters. The van der Waals surface area contributed by atoms with Crippen LogP contribution in [-0.4, -0.2) is 55.4 Å². The maximum atomic E-state index is 13.5. The van der Waals surface area contributed by atoms with Gasteiger partial charge >= 0.3 is 12.1 Å². The quantitative estimate of drug-likeness (QED) is 0.226. The minimum Gasteiger partial charge on any atom is -0.476 e. The van der Waals surface area contributed by atoms with Gasteiger partial charge in [-0.2, -0.15) is 18.3 Å². The first kappa shape index (κ1) is 29.3. The van der Waals surface area contributed by atoms with E-state index in [0.29, 0.717) is 23.4 Å². The molecule has 5 rings (SSSR count). The second-order valence-corrected chi connectivity index (χ2v) is 9.64. The van der Waals surface area contributed by atoms with Gasteiger partial charge in [-0.15, -0.1) is 0 Å². The first-order chi connectivity index (χ1) is 20.5. The highest BCUT2D eigenvalue weighted by Crippen LogP contribution is 2.30. The zero-order valence-corrected chi connectivity index (χ0v) is 23.0. The van der Waals surface area contributed by atoms with Crippen molar-refractivity contribution in [3.05, 3.63) is 101 Å². The van der Waals surface area contributed by atoms with Crippen molar-refractivity contribution in [2.45, 2.75) is 26.3 Å². The van der Waals surface area contributed by atoms with E-state index in [1.54, 1.807) is 32.2 Å². The molecule has 3 heterocycles. The lowest BCUT2D eigenvalue weighted by atomic mass is 10.1. The largest absolute Gasteiger partial charge is 0.476 e. The van der Waals surface area contributed by atoms with Gasteiger partial charge in [0.05, 0.1) is 31.5 Å². The normalized spacial score (nSPS) is 11.6. The van der Waals surface area contributed by atoms with Crippen LogP contribution in [0.3, 0.4) is 0 Å². The van der Waals surface area contributed by atoms with Crippen LogP contribution >= 0.6 is 0 Å². The number of carboxylic acid groups (broad SMARTS) is 1. The number of aromatic carboxylic acids is 1. The van der Waals surface area contributed by atoms with Crippen LogP contribution < -0.4 is 4.90 Å². The lowest BCUT2D eigenvalue weighted by molar-refractivity contribution is -0.140. The predicted molar refractivity (Wildman–Crippen MR) is 151 cm³/mol. The molecule has 0 spiro atoms. The van der Waals surface area contributed by atoms with Crippen molar-refractivity contribution in [3.63, 3.8) is 0 Å². The average Bonchev–Trinajstić information content (AvgIpc) is 3.42. The van der Waals surface area contributed by atoms with E-state index in [4.69, 9.17) is 4.74 Å². The first-order valence-corrected chi connectivity index (χ1v) is 13.0. The highest BCUT2D eigenvalue weighted by atomic mass is 19.4. The third-order valence-electron chi connectivity index (χ3n) is 6.63. The van der Waals surface area contributed by atoms with Crippen molar-refractivity contribution in [1.82, 2.24) is 24.7 Å². The molecule has 0 fully saturated rings. The lowest BCUT2D eigenvalue weighted by Gasteiger charge is -2.20. The molecule has 0 atom stereocenters. The number of amides is 1. The van der Waals surface area contributed by atoms with E-state index in [2.05, 4.69) is 20.1 Å². The second-order valence-electron chi connectivity index (χ2n) is 9.64. The van der Waals surface area contributed by atoms with Gasteiger partial charge in [0.15, 0.2) is 11.5 Å². The van der Waals surface area contributed by atoms with E-state index in [1.807, 2.05) is 30.3 Å². The number of nitrogens with zero attached hydrogens (tertiary/aromatic N) is 6. The maximum Gasteiger partial charge on any atom is 0.433 e. The Kier molecular flexibility index (Phi) is 8.17. The number of carbonyl (C=O) groups excluding carboxylic acids is 1. The second kappa shape index (κ2) is 12.0. The molecule has 0 bridgehead atoms. The maximum absolute atomic E-state index is 13.5. The predicted octanol–water partition coefficient (Wildman–Crippen LogP) is 5.41. The summed E-state index contributed by atoms with van der Waals surface area (Å²) in [6.07, 6.45) is -3.34. The van der Waals surface area contributed by atoms with E-state index in [-0.39, 0.29) is 41.4 Å². The molecule has 5 aromatic rings. The number of hydrogen-bond donors (Lipinski definition) is 1. The van der Waals surface area contributed by atoms with Crippen LogP contribution in [0.15, 0.2) is 72.9 Å². The molecule has 13 heteroatoms. The van der Waals surface area contributed by atoms with E-state index in [1.165, 1.54) is 27.9 Å². The number of benzene rings is 2. The molecule has 1 N–H and O–H groups in total. The molecule has 220 valence electrons. The van der Waals surface area contributed by atoms with Crippen LogP contribution in [0.4, 0.5) is 18.9 Å². The van der Waals surface area contributed by atoms with Crippen molar-refractivity contribution >= 4 is 28.6 Å². The Hall–Kier alpha value is -5.17. The molecule has 0 radical (unpaired) electrons. The van der Waals surface area contributed by atoms with Gasteiger partial charge < -0.3 is 14.7 Å². The molecule has 43 heavy (non-hydrogen) atoms. The Labute approximate surface area is 243 Å². The van der Waals surface area contributed by atoms with E-state index in [9.17, 15) is 27.9 Å². The molecule has 0 aliphatic carbocycles. The number of pyridine rings is 1. The molecule has 0 aliphatic heterocycles. The van der Waals surface area contributed by atoms with Gasteiger partial charge in [0.25, 0.3) is 5.91 Å². The van der Waals surface area contributed by atoms with E-state index in [0.717, 1.165) is 11.6 Å². The summed E-state index contributed by atoms with van der Waals surface area (Å²) in [6.45, 7) is 2.49. The van der Waals surface area contributed by atoms with Crippen molar-refractivity contribution in [2.24, 2.45) is 0 Å². The van der Waals surface area contributed by atoms with Gasteiger partial charge in [0.1, 0.15) is 16.9 Å². The fourth-order valence-electron chi connectivity index (χ4n) is 4.45.